The summed E-state index contributed by atoms with van der Waals surface area (Å²) in [4.78, 5) is 0. The van der Waals surface area contributed by atoms with Crippen molar-refractivity contribution in [3.63, 3.8) is 0 Å². The lowest BCUT2D eigenvalue weighted by Crippen LogP contribution is -2.41. The van der Waals surface area contributed by atoms with Gasteiger partial charge in [0.2, 0.25) is 10.0 Å². The van der Waals surface area contributed by atoms with Gasteiger partial charge in [-0.2, -0.15) is 5.26 Å². The van der Waals surface area contributed by atoms with E-state index in [9.17, 15) is 8.42 Å². The van der Waals surface area contributed by atoms with Crippen LogP contribution in [0.25, 0.3) is 0 Å². The fraction of sp³-hybridized carbons (Fsp3) is 0.500. The summed E-state index contributed by atoms with van der Waals surface area (Å²) >= 11 is 0. The van der Waals surface area contributed by atoms with Crippen molar-refractivity contribution in [1.29, 1.82) is 5.26 Å². The maximum absolute atomic E-state index is 11.9. The van der Waals surface area contributed by atoms with Crippen LogP contribution in [0.2, 0.25) is 0 Å². The molecule has 0 aliphatic rings. The number of nitrogens with one attached hydrogen (secondary N) is 1. The van der Waals surface area contributed by atoms with Gasteiger partial charge >= 0.3 is 0 Å². The average Bonchev–Trinajstić information content (AvgIpc) is 2.38. The summed E-state index contributed by atoms with van der Waals surface area (Å²) in [7, 11) is -3.62. The second-order valence-corrected chi connectivity index (χ2v) is 6.61. The molecule has 1 N–H and O–H groups in total. The minimum atomic E-state index is -3.62. The van der Waals surface area contributed by atoms with E-state index in [1.54, 1.807) is 19.9 Å². The molecule has 0 fully saturated rings. The SMILES string of the molecule is CC[C@H](C#N)S(=O)(=O)N[C@@H](C)COc1ccc(C)cc1. The number of rotatable bonds is 7. The largest absolute Gasteiger partial charge is 0.492 e. The van der Waals surface area contributed by atoms with Gasteiger partial charge in [-0.05, 0) is 32.4 Å². The van der Waals surface area contributed by atoms with Gasteiger partial charge in [-0.3, -0.25) is 0 Å². The molecule has 0 spiro atoms. The molecule has 1 aromatic rings. The summed E-state index contributed by atoms with van der Waals surface area (Å²) in [5.74, 6) is 0.689. The van der Waals surface area contributed by atoms with Gasteiger partial charge in [0, 0.05) is 0 Å². The molecule has 0 amide bonds. The number of hydrogen-bond donors (Lipinski definition) is 1. The zero-order valence-electron chi connectivity index (χ0n) is 12.0. The van der Waals surface area contributed by atoms with Crippen LogP contribution in [0.15, 0.2) is 24.3 Å². The second-order valence-electron chi connectivity index (χ2n) is 4.71. The molecular formula is C14H20N2O3S. The maximum atomic E-state index is 11.9. The molecule has 0 saturated carbocycles. The lowest BCUT2D eigenvalue weighted by Gasteiger charge is -2.17. The Balaban J connectivity index is 2.54. The predicted octanol–water partition coefficient (Wildman–Crippen LogP) is 1.98. The number of hydrogen-bond acceptors (Lipinski definition) is 4. The van der Waals surface area contributed by atoms with Gasteiger partial charge in [-0.25, -0.2) is 13.1 Å². The Morgan fingerprint density at radius 3 is 2.45 bits per heavy atom. The summed E-state index contributed by atoms with van der Waals surface area (Å²) < 4.78 is 31.7. The molecule has 0 radical (unpaired) electrons. The minimum absolute atomic E-state index is 0.212. The number of ether oxygens (including phenoxy) is 1. The van der Waals surface area contributed by atoms with Crippen LogP contribution in [-0.2, 0) is 10.0 Å². The van der Waals surface area contributed by atoms with Crippen molar-refractivity contribution in [2.24, 2.45) is 0 Å². The highest BCUT2D eigenvalue weighted by molar-refractivity contribution is 7.90. The summed E-state index contributed by atoms with van der Waals surface area (Å²) in [6, 6.07) is 8.90. The molecule has 1 rings (SSSR count). The molecule has 0 aliphatic carbocycles. The van der Waals surface area contributed by atoms with E-state index in [4.69, 9.17) is 10.00 Å². The van der Waals surface area contributed by atoms with Crippen molar-refractivity contribution in [3.05, 3.63) is 29.8 Å². The van der Waals surface area contributed by atoms with E-state index in [-0.39, 0.29) is 13.0 Å². The second kappa shape index (κ2) is 7.27. The molecule has 5 nitrogen and oxygen atoms in total. The molecule has 0 aliphatic heterocycles. The number of nitrogens with zero attached hydrogens (tertiary/aromatic N) is 1. The molecule has 2 atom stereocenters. The van der Waals surface area contributed by atoms with Gasteiger partial charge in [0.05, 0.1) is 12.1 Å². The molecule has 0 heterocycles. The minimum Gasteiger partial charge on any atom is -0.492 e. The Hall–Kier alpha value is -1.58. The molecule has 110 valence electrons. The van der Waals surface area contributed by atoms with E-state index in [1.165, 1.54) is 0 Å². The summed E-state index contributed by atoms with van der Waals surface area (Å²) in [5, 5.41) is 7.78. The van der Waals surface area contributed by atoms with Gasteiger partial charge in [0.1, 0.15) is 12.4 Å². The maximum Gasteiger partial charge on any atom is 0.228 e. The predicted molar refractivity (Wildman–Crippen MR) is 77.9 cm³/mol. The van der Waals surface area contributed by atoms with E-state index in [0.717, 1.165) is 5.56 Å². The first-order chi connectivity index (χ1) is 9.39. The number of benzene rings is 1. The van der Waals surface area contributed by atoms with Crippen molar-refractivity contribution >= 4 is 10.0 Å². The lowest BCUT2D eigenvalue weighted by molar-refractivity contribution is 0.287. The first-order valence-electron chi connectivity index (χ1n) is 6.49. The van der Waals surface area contributed by atoms with Gasteiger partial charge < -0.3 is 4.74 Å². The smallest absolute Gasteiger partial charge is 0.228 e. The van der Waals surface area contributed by atoms with Crippen LogP contribution in [0, 0.1) is 18.3 Å². The highest BCUT2D eigenvalue weighted by Crippen LogP contribution is 2.12. The summed E-state index contributed by atoms with van der Waals surface area (Å²) in [6.45, 7) is 5.56. The topological polar surface area (TPSA) is 79.2 Å². The number of sulfonamides is 1. The van der Waals surface area contributed by atoms with Crippen LogP contribution >= 0.6 is 0 Å². The van der Waals surface area contributed by atoms with Gasteiger partial charge in [-0.15, -0.1) is 0 Å². The molecule has 20 heavy (non-hydrogen) atoms. The Kier molecular flexibility index (Phi) is 5.99. The Morgan fingerprint density at radius 2 is 1.95 bits per heavy atom. The monoisotopic (exact) mass is 296 g/mol. The van der Waals surface area contributed by atoms with E-state index in [1.807, 2.05) is 31.2 Å². The van der Waals surface area contributed by atoms with Crippen LogP contribution in [0.4, 0.5) is 0 Å². The van der Waals surface area contributed by atoms with E-state index >= 15 is 0 Å². The van der Waals surface area contributed by atoms with Crippen LogP contribution in [0.1, 0.15) is 25.8 Å². The number of aryl methyl sites for hydroxylation is 1. The van der Waals surface area contributed by atoms with Gasteiger partial charge in [0.25, 0.3) is 0 Å². The fourth-order valence-corrected chi connectivity index (χ4v) is 3.00. The third-order valence-corrected chi connectivity index (χ3v) is 4.69. The molecule has 0 saturated heterocycles. The van der Waals surface area contributed by atoms with Crippen molar-refractivity contribution in [3.8, 4) is 11.8 Å². The van der Waals surface area contributed by atoms with E-state index < -0.39 is 21.3 Å². The van der Waals surface area contributed by atoms with E-state index in [2.05, 4.69) is 4.72 Å². The zero-order valence-corrected chi connectivity index (χ0v) is 12.8. The molecule has 0 bridgehead atoms. The standard InChI is InChI=1S/C14H20N2O3S/c1-4-14(9-15)20(17,18)16-12(3)10-19-13-7-5-11(2)6-8-13/h5-8,12,14,16H,4,10H2,1-3H3/t12-,14+/m0/s1. The van der Waals surface area contributed by atoms with Crippen molar-refractivity contribution in [2.45, 2.75) is 38.5 Å². The van der Waals surface area contributed by atoms with Crippen LogP contribution in [0.5, 0.6) is 5.75 Å². The van der Waals surface area contributed by atoms with Gasteiger partial charge in [-0.1, -0.05) is 24.6 Å². The fourth-order valence-electron chi connectivity index (χ4n) is 1.63. The quantitative estimate of drug-likeness (QED) is 0.834. The van der Waals surface area contributed by atoms with Gasteiger partial charge in [0.15, 0.2) is 5.25 Å². The van der Waals surface area contributed by atoms with Crippen molar-refractivity contribution in [2.75, 3.05) is 6.61 Å². The number of nitriles is 1. The molecule has 1 aromatic carbocycles. The molecule has 6 heteroatoms. The van der Waals surface area contributed by atoms with Crippen molar-refractivity contribution in [1.82, 2.24) is 4.72 Å². The Morgan fingerprint density at radius 1 is 1.35 bits per heavy atom. The molecule has 0 unspecified atom stereocenters. The molecular weight excluding hydrogens is 276 g/mol. The molecule has 0 aromatic heterocycles. The first-order valence-corrected chi connectivity index (χ1v) is 8.04. The van der Waals surface area contributed by atoms with Crippen LogP contribution in [-0.4, -0.2) is 26.3 Å². The van der Waals surface area contributed by atoms with E-state index in [0.29, 0.717) is 5.75 Å². The summed E-state index contributed by atoms with van der Waals surface area (Å²) in [6.07, 6.45) is 0.261. The third-order valence-electron chi connectivity index (χ3n) is 2.78. The summed E-state index contributed by atoms with van der Waals surface area (Å²) in [5.41, 5.74) is 1.13. The Bertz CT molecular complexity index is 561. The zero-order chi connectivity index (χ0) is 15.2. The van der Waals surface area contributed by atoms with Crippen LogP contribution in [0.3, 0.4) is 0 Å². The third kappa shape index (κ3) is 4.83. The highest BCUT2D eigenvalue weighted by Gasteiger charge is 2.25. The highest BCUT2D eigenvalue weighted by atomic mass is 32.2. The average molecular weight is 296 g/mol. The first kappa shape index (κ1) is 16.5. The van der Waals surface area contributed by atoms with Crippen molar-refractivity contribution < 1.29 is 13.2 Å². The normalized spacial score (nSPS) is 14.3. The Labute approximate surface area is 120 Å². The van der Waals surface area contributed by atoms with Crippen LogP contribution < -0.4 is 9.46 Å². The lowest BCUT2D eigenvalue weighted by atomic mass is 10.2.